The molecule has 0 bridgehead atoms. The van der Waals surface area contributed by atoms with E-state index in [1.165, 1.54) is 6.92 Å². The minimum Gasteiger partial charge on any atom is -0.425 e. The molecule has 0 fully saturated rings. The molecule has 0 atom stereocenters. The Balaban J connectivity index is 2.58. The Morgan fingerprint density at radius 2 is 2.36 bits per heavy atom. The normalized spacial score (nSPS) is 14.8. The maximum Gasteiger partial charge on any atom is 0.308 e. The Morgan fingerprint density at radius 1 is 1.55 bits per heavy atom. The van der Waals surface area contributed by atoms with Gasteiger partial charge in [0, 0.05) is 19.3 Å². The van der Waals surface area contributed by atoms with Crippen molar-refractivity contribution >= 4 is 5.97 Å². The number of hydrogen-bond donors (Lipinski definition) is 1. The van der Waals surface area contributed by atoms with Gasteiger partial charge in [0.1, 0.15) is 5.76 Å². The van der Waals surface area contributed by atoms with E-state index >= 15 is 0 Å². The van der Waals surface area contributed by atoms with E-state index in [1.807, 2.05) is 6.08 Å². The van der Waals surface area contributed by atoms with Crippen LogP contribution in [0.15, 0.2) is 36.4 Å². The summed E-state index contributed by atoms with van der Waals surface area (Å²) in [5.41, 5.74) is 0. The predicted molar refractivity (Wildman–Crippen MR) is 41.3 cm³/mol. The second-order valence-corrected chi connectivity index (χ2v) is 2.03. The highest BCUT2D eigenvalue weighted by Crippen LogP contribution is 2.00. The first kappa shape index (κ1) is 7.60. The summed E-state index contributed by atoms with van der Waals surface area (Å²) in [5.74, 6) is 0.201. The zero-order valence-corrected chi connectivity index (χ0v) is 6.20. The van der Waals surface area contributed by atoms with Gasteiger partial charge in [0.15, 0.2) is 0 Å². The average Bonchev–Trinajstić information content (AvgIpc) is 2.14. The van der Waals surface area contributed by atoms with Crippen LogP contribution in [0.3, 0.4) is 0 Å². The Kier molecular flexibility index (Phi) is 2.49. The molecule has 0 saturated heterocycles. The maximum atomic E-state index is 10.5. The molecule has 0 amide bonds. The highest BCUT2D eigenvalue weighted by atomic mass is 16.5. The fourth-order valence-electron chi connectivity index (χ4n) is 0.669. The lowest BCUT2D eigenvalue weighted by Gasteiger charge is -1.99. The lowest BCUT2D eigenvalue weighted by atomic mass is 10.4. The minimum atomic E-state index is -0.315. The van der Waals surface area contributed by atoms with Gasteiger partial charge in [0.25, 0.3) is 0 Å². The first-order chi connectivity index (χ1) is 5.29. The summed E-state index contributed by atoms with van der Waals surface area (Å²) in [5, 5.41) is 2.82. The molecule has 3 nitrogen and oxygen atoms in total. The molecule has 58 valence electrons. The molecule has 0 radical (unpaired) electrons. The second kappa shape index (κ2) is 3.61. The minimum absolute atomic E-state index is 0.315. The van der Waals surface area contributed by atoms with E-state index in [-0.39, 0.29) is 5.97 Å². The van der Waals surface area contributed by atoms with E-state index in [2.05, 4.69) is 5.32 Å². The number of nitrogens with one attached hydrogen (secondary N) is 1. The molecule has 0 aliphatic carbocycles. The van der Waals surface area contributed by atoms with Gasteiger partial charge < -0.3 is 10.1 Å². The van der Waals surface area contributed by atoms with Gasteiger partial charge in [0.2, 0.25) is 0 Å². The van der Waals surface area contributed by atoms with Gasteiger partial charge >= 0.3 is 5.97 Å². The largest absolute Gasteiger partial charge is 0.425 e. The van der Waals surface area contributed by atoms with Crippen LogP contribution in [0.4, 0.5) is 0 Å². The third kappa shape index (κ3) is 2.71. The molecule has 0 spiro atoms. The van der Waals surface area contributed by atoms with E-state index in [9.17, 15) is 4.79 Å². The van der Waals surface area contributed by atoms with Crippen LogP contribution in [0.25, 0.3) is 0 Å². The molecule has 0 aromatic carbocycles. The van der Waals surface area contributed by atoms with Crippen LogP contribution in [0.1, 0.15) is 6.92 Å². The Hall–Kier alpha value is -1.51. The van der Waals surface area contributed by atoms with Crippen molar-refractivity contribution in [1.29, 1.82) is 0 Å². The number of hydrogen-bond acceptors (Lipinski definition) is 3. The van der Waals surface area contributed by atoms with Crippen LogP contribution in [0, 0.1) is 0 Å². The van der Waals surface area contributed by atoms with Crippen LogP contribution >= 0.6 is 0 Å². The van der Waals surface area contributed by atoms with Crippen molar-refractivity contribution in [3.63, 3.8) is 0 Å². The zero-order valence-electron chi connectivity index (χ0n) is 6.20. The molecule has 0 saturated carbocycles. The number of rotatable bonds is 1. The molecule has 1 aliphatic rings. The Morgan fingerprint density at radius 3 is 3.09 bits per heavy atom. The number of carbonyl (C=O) groups excluding carboxylic acids is 1. The van der Waals surface area contributed by atoms with Gasteiger partial charge in [-0.15, -0.1) is 0 Å². The van der Waals surface area contributed by atoms with E-state index in [0.29, 0.717) is 5.76 Å². The molecular weight excluding hydrogens is 142 g/mol. The Labute approximate surface area is 65.0 Å². The summed E-state index contributed by atoms with van der Waals surface area (Å²) < 4.78 is 4.80. The first-order valence-corrected chi connectivity index (χ1v) is 3.27. The summed E-state index contributed by atoms with van der Waals surface area (Å²) in [6.07, 6.45) is 8.66. The second-order valence-electron chi connectivity index (χ2n) is 2.03. The molecule has 1 aliphatic heterocycles. The molecule has 1 rings (SSSR count). The van der Waals surface area contributed by atoms with Gasteiger partial charge in [-0.1, -0.05) is 6.08 Å². The van der Waals surface area contributed by atoms with Crippen molar-refractivity contribution in [2.24, 2.45) is 0 Å². The van der Waals surface area contributed by atoms with E-state index in [1.54, 1.807) is 24.6 Å². The molecule has 0 unspecified atom stereocenters. The standard InChI is InChI=1S/C8H9NO2/c1-7(10)11-8-4-2-3-5-9-6-8/h2-6,9H,1H3. The number of carbonyl (C=O) groups is 1. The highest BCUT2D eigenvalue weighted by molar-refractivity contribution is 5.67. The number of allylic oxidation sites excluding steroid dienone is 3. The van der Waals surface area contributed by atoms with E-state index in [4.69, 9.17) is 4.74 Å². The average molecular weight is 151 g/mol. The smallest absolute Gasteiger partial charge is 0.308 e. The molecular formula is C8H9NO2. The Bertz CT molecular complexity index is 238. The van der Waals surface area contributed by atoms with Crippen LogP contribution in [-0.4, -0.2) is 5.97 Å². The third-order valence-corrected chi connectivity index (χ3v) is 1.05. The predicted octanol–water partition coefficient (Wildman–Crippen LogP) is 1.06. The molecule has 11 heavy (non-hydrogen) atoms. The van der Waals surface area contributed by atoms with Gasteiger partial charge in [-0.05, 0) is 12.2 Å². The summed E-state index contributed by atoms with van der Waals surface area (Å²) in [4.78, 5) is 10.5. The van der Waals surface area contributed by atoms with Crippen LogP contribution in [0.2, 0.25) is 0 Å². The zero-order chi connectivity index (χ0) is 8.10. The lowest BCUT2D eigenvalue weighted by molar-refractivity contribution is -0.136. The monoisotopic (exact) mass is 151 g/mol. The number of ether oxygens (including phenoxy) is 1. The fraction of sp³-hybridized carbons (Fsp3) is 0.125. The van der Waals surface area contributed by atoms with Crippen molar-refractivity contribution in [3.05, 3.63) is 36.4 Å². The van der Waals surface area contributed by atoms with Crippen LogP contribution in [-0.2, 0) is 9.53 Å². The summed E-state index contributed by atoms with van der Waals surface area (Å²) >= 11 is 0. The van der Waals surface area contributed by atoms with Crippen molar-refractivity contribution in [2.45, 2.75) is 6.92 Å². The van der Waals surface area contributed by atoms with Crippen LogP contribution in [0.5, 0.6) is 0 Å². The van der Waals surface area contributed by atoms with Crippen molar-refractivity contribution in [1.82, 2.24) is 5.32 Å². The summed E-state index contributed by atoms with van der Waals surface area (Å²) in [6, 6.07) is 0. The highest BCUT2D eigenvalue weighted by Gasteiger charge is 1.97. The van der Waals surface area contributed by atoms with Crippen molar-refractivity contribution < 1.29 is 9.53 Å². The fourth-order valence-corrected chi connectivity index (χ4v) is 0.669. The summed E-state index contributed by atoms with van der Waals surface area (Å²) in [6.45, 7) is 1.37. The SMILES string of the molecule is CC(=O)OC1=CNC=CC=C1. The molecule has 3 heteroatoms. The quantitative estimate of drug-likeness (QED) is 0.569. The van der Waals surface area contributed by atoms with E-state index in [0.717, 1.165) is 0 Å². The maximum absolute atomic E-state index is 10.5. The lowest BCUT2D eigenvalue weighted by Crippen LogP contribution is -2.00. The van der Waals surface area contributed by atoms with Gasteiger partial charge in [-0.25, -0.2) is 0 Å². The molecule has 0 aromatic heterocycles. The van der Waals surface area contributed by atoms with Gasteiger partial charge in [0.05, 0.1) is 0 Å². The van der Waals surface area contributed by atoms with Crippen molar-refractivity contribution in [3.8, 4) is 0 Å². The van der Waals surface area contributed by atoms with Gasteiger partial charge in [-0.2, -0.15) is 0 Å². The van der Waals surface area contributed by atoms with Crippen LogP contribution < -0.4 is 5.32 Å². The molecule has 1 heterocycles. The van der Waals surface area contributed by atoms with E-state index < -0.39 is 0 Å². The first-order valence-electron chi connectivity index (χ1n) is 3.27. The number of esters is 1. The third-order valence-electron chi connectivity index (χ3n) is 1.05. The van der Waals surface area contributed by atoms with Crippen molar-refractivity contribution in [2.75, 3.05) is 0 Å². The summed E-state index contributed by atoms with van der Waals surface area (Å²) in [7, 11) is 0. The van der Waals surface area contributed by atoms with Gasteiger partial charge in [-0.3, -0.25) is 4.79 Å². The topological polar surface area (TPSA) is 38.3 Å². The molecule has 0 aromatic rings. The molecule has 1 N–H and O–H groups in total.